The molecule has 0 aromatic heterocycles. The highest BCUT2D eigenvalue weighted by Crippen LogP contribution is 2.43. The maximum Gasteiger partial charge on any atom is 0.472 e. The van der Waals surface area contributed by atoms with Gasteiger partial charge in [0.25, 0.3) is 0 Å². The first kappa shape index (κ1) is 70.4. The van der Waals surface area contributed by atoms with Crippen molar-refractivity contribution in [1.29, 1.82) is 0 Å². The van der Waals surface area contributed by atoms with E-state index in [1.807, 2.05) is 12.2 Å². The van der Waals surface area contributed by atoms with E-state index in [2.05, 4.69) is 106 Å². The molecule has 0 aliphatic heterocycles. The Labute approximate surface area is 451 Å². The first-order valence-electron chi connectivity index (χ1n) is 29.1. The number of hydrogen-bond acceptors (Lipinski definition) is 10. The predicted octanol–water partition coefficient (Wildman–Crippen LogP) is 17.3. The van der Waals surface area contributed by atoms with Gasteiger partial charge >= 0.3 is 25.7 Å². The zero-order chi connectivity index (χ0) is 54.1. The van der Waals surface area contributed by atoms with E-state index in [-0.39, 0.29) is 25.9 Å². The molecule has 0 aromatic rings. The molecule has 2 N–H and O–H groups in total. The maximum absolute atomic E-state index is 12.9. The summed E-state index contributed by atoms with van der Waals surface area (Å²) in [4.78, 5) is 48.5. The van der Waals surface area contributed by atoms with Crippen LogP contribution in [-0.2, 0) is 42.2 Å². The van der Waals surface area contributed by atoms with Crippen molar-refractivity contribution >= 4 is 25.7 Å². The molecule has 0 saturated carbocycles. The monoisotopic (exact) mass is 1060 g/mol. The average Bonchev–Trinajstić information content (AvgIpc) is 3.39. The topological polar surface area (TPSA) is 155 Å². The van der Waals surface area contributed by atoms with Crippen molar-refractivity contribution in [2.45, 2.75) is 251 Å². The lowest BCUT2D eigenvalue weighted by Gasteiger charge is -2.21. The molecule has 11 nitrogen and oxygen atoms in total. The van der Waals surface area contributed by atoms with Crippen LogP contribution in [0, 0.1) is 0 Å². The Morgan fingerprint density at radius 3 is 1.16 bits per heavy atom. The van der Waals surface area contributed by atoms with Gasteiger partial charge in [0.15, 0.2) is 6.10 Å². The maximum atomic E-state index is 12.9. The molecule has 0 rings (SSSR count). The van der Waals surface area contributed by atoms with Crippen LogP contribution in [0.5, 0.6) is 0 Å². The van der Waals surface area contributed by atoms with Crippen LogP contribution in [0.15, 0.2) is 97.2 Å². The molecular formula is C62H105O11P. The molecule has 0 aliphatic rings. The molecule has 0 radical (unpaired) electrons. The quantitative estimate of drug-likeness (QED) is 0.0197. The lowest BCUT2D eigenvalue weighted by atomic mass is 10.1. The van der Waals surface area contributed by atoms with Crippen molar-refractivity contribution in [3.63, 3.8) is 0 Å². The van der Waals surface area contributed by atoms with Gasteiger partial charge in [0, 0.05) is 19.3 Å². The number of rotatable bonds is 53. The Hall–Kier alpha value is -3.60. The number of hydrogen-bond donors (Lipinski definition) is 2. The number of phosphoric acid groups is 1. The van der Waals surface area contributed by atoms with Crippen molar-refractivity contribution < 1.29 is 52.2 Å². The number of carbonyl (C=O) groups excluding carboxylic acids is 3. The van der Waals surface area contributed by atoms with Crippen LogP contribution >= 0.6 is 7.82 Å². The Bertz CT molecular complexity index is 1610. The number of aliphatic hydroxyl groups is 1. The second kappa shape index (κ2) is 55.6. The summed E-state index contributed by atoms with van der Waals surface area (Å²) in [5.74, 6) is -1.57. The molecule has 3 unspecified atom stereocenters. The molecule has 12 heteroatoms. The van der Waals surface area contributed by atoms with E-state index in [9.17, 15) is 28.9 Å². The predicted molar refractivity (Wildman–Crippen MR) is 307 cm³/mol. The number of ether oxygens (including phenoxy) is 3. The van der Waals surface area contributed by atoms with Gasteiger partial charge in [-0.1, -0.05) is 208 Å². The first-order chi connectivity index (χ1) is 36.2. The smallest absolute Gasteiger partial charge is 0.462 e. The van der Waals surface area contributed by atoms with E-state index in [0.717, 1.165) is 103 Å². The Morgan fingerprint density at radius 1 is 0.392 bits per heavy atom. The zero-order valence-electron chi connectivity index (χ0n) is 46.8. The molecule has 0 aromatic carbocycles. The van der Waals surface area contributed by atoms with E-state index in [1.165, 1.54) is 77.0 Å². The van der Waals surface area contributed by atoms with Crippen molar-refractivity contribution in [3.8, 4) is 0 Å². The number of allylic oxidation sites excluding steroid dienone is 16. The third-order valence-corrected chi connectivity index (χ3v) is 12.9. The van der Waals surface area contributed by atoms with Crippen molar-refractivity contribution in [2.75, 3.05) is 26.4 Å². The van der Waals surface area contributed by atoms with Crippen LogP contribution in [0.3, 0.4) is 0 Å². The van der Waals surface area contributed by atoms with Crippen molar-refractivity contribution in [3.05, 3.63) is 97.2 Å². The molecule has 74 heavy (non-hydrogen) atoms. The number of carbonyl (C=O) groups is 3. The standard InChI is InChI=1S/C62H105O11P/c1-4-7-10-13-16-19-22-25-27-29-31-34-36-39-42-45-48-51-60(64)69-55-59(73-62(66)53-50-47-44-41-38-35-32-30-28-26-23-20-17-14-11-8-5-2)57-71-74(67,68)70-56-58(54-63)72-61(65)52-49-46-43-40-37-33-24-21-18-15-12-9-6-3/h9,12,16-21,25-28,33,37,43,46,58-59,63H,4-8,10-11,13-15,22-24,29-32,34-36,38-42,44-45,47-57H2,1-3H3,(H,67,68)/b12-9-,19-16-,20-17-,21-18-,27-25-,28-26-,37-33-,46-43-. The van der Waals surface area contributed by atoms with Gasteiger partial charge in [0.2, 0.25) is 0 Å². The molecule has 0 fully saturated rings. The fourth-order valence-electron chi connectivity index (χ4n) is 7.55. The average molecular weight is 1060 g/mol. The molecule has 424 valence electrons. The van der Waals surface area contributed by atoms with Crippen LogP contribution in [0.1, 0.15) is 239 Å². The van der Waals surface area contributed by atoms with Gasteiger partial charge < -0.3 is 24.2 Å². The minimum absolute atomic E-state index is 0.0515. The molecule has 0 amide bonds. The molecule has 0 heterocycles. The molecular weight excluding hydrogens is 952 g/mol. The van der Waals surface area contributed by atoms with Gasteiger partial charge in [-0.05, 0) is 109 Å². The van der Waals surface area contributed by atoms with E-state index < -0.39 is 57.8 Å². The van der Waals surface area contributed by atoms with Gasteiger partial charge in [0.05, 0.1) is 19.8 Å². The fourth-order valence-corrected chi connectivity index (χ4v) is 8.33. The highest BCUT2D eigenvalue weighted by Gasteiger charge is 2.28. The molecule has 0 spiro atoms. The summed E-state index contributed by atoms with van der Waals surface area (Å²) in [6, 6.07) is 0. The normalized spacial score (nSPS) is 14.1. The number of esters is 3. The largest absolute Gasteiger partial charge is 0.472 e. The van der Waals surface area contributed by atoms with Crippen LogP contribution in [0.2, 0.25) is 0 Å². The lowest BCUT2D eigenvalue weighted by molar-refractivity contribution is -0.161. The molecule has 0 aliphatic carbocycles. The van der Waals surface area contributed by atoms with Gasteiger partial charge in [0.1, 0.15) is 12.7 Å². The summed E-state index contributed by atoms with van der Waals surface area (Å²) in [5, 5.41) is 9.79. The minimum Gasteiger partial charge on any atom is -0.462 e. The van der Waals surface area contributed by atoms with Gasteiger partial charge in [-0.25, -0.2) is 4.57 Å². The number of phosphoric ester groups is 1. The Morgan fingerprint density at radius 2 is 0.730 bits per heavy atom. The summed E-state index contributed by atoms with van der Waals surface area (Å²) < 4.78 is 39.4. The summed E-state index contributed by atoms with van der Waals surface area (Å²) in [5.41, 5.74) is 0. The van der Waals surface area contributed by atoms with Crippen molar-refractivity contribution in [2.24, 2.45) is 0 Å². The van der Waals surface area contributed by atoms with Gasteiger partial charge in [-0.3, -0.25) is 23.4 Å². The second-order valence-electron chi connectivity index (χ2n) is 19.1. The SMILES string of the molecule is CC/C=C\C/C=C\C/C=C\C/C=C\CCC(=O)OC(CO)COP(=O)(O)OCC(COC(=O)CCCCCCCCC/C=C\C/C=C\CCCCC)OC(=O)CCCCCCCCC/C=C\C/C=C\CCCCC. The summed E-state index contributed by atoms with van der Waals surface area (Å²) in [6.45, 7) is 4.38. The summed E-state index contributed by atoms with van der Waals surface area (Å²) in [6.07, 6.45) is 65.2. The van der Waals surface area contributed by atoms with Crippen LogP contribution in [0.25, 0.3) is 0 Å². The van der Waals surface area contributed by atoms with Crippen LogP contribution < -0.4 is 0 Å². The highest BCUT2D eigenvalue weighted by molar-refractivity contribution is 7.47. The minimum atomic E-state index is -4.77. The zero-order valence-corrected chi connectivity index (χ0v) is 47.7. The Balaban J connectivity index is 4.81. The summed E-state index contributed by atoms with van der Waals surface area (Å²) in [7, 11) is -4.77. The second-order valence-corrected chi connectivity index (χ2v) is 20.5. The van der Waals surface area contributed by atoms with E-state index in [4.69, 9.17) is 23.3 Å². The fraction of sp³-hybridized carbons (Fsp3) is 0.694. The molecule has 3 atom stereocenters. The molecule has 0 bridgehead atoms. The Kier molecular flexibility index (Phi) is 52.9. The third kappa shape index (κ3) is 53.2. The van der Waals surface area contributed by atoms with Crippen molar-refractivity contribution in [1.82, 2.24) is 0 Å². The van der Waals surface area contributed by atoms with E-state index >= 15 is 0 Å². The van der Waals surface area contributed by atoms with Gasteiger partial charge in [-0.15, -0.1) is 0 Å². The highest BCUT2D eigenvalue weighted by atomic mass is 31.2. The van der Waals surface area contributed by atoms with E-state index in [0.29, 0.717) is 19.3 Å². The van der Waals surface area contributed by atoms with Crippen LogP contribution in [-0.4, -0.2) is 66.5 Å². The third-order valence-electron chi connectivity index (χ3n) is 12.0. The van der Waals surface area contributed by atoms with E-state index in [1.54, 1.807) is 0 Å². The number of unbranched alkanes of at least 4 members (excludes halogenated alkanes) is 20. The number of aliphatic hydroxyl groups excluding tert-OH is 1. The lowest BCUT2D eigenvalue weighted by Crippen LogP contribution is -2.30. The first-order valence-corrected chi connectivity index (χ1v) is 30.6. The van der Waals surface area contributed by atoms with Gasteiger partial charge in [-0.2, -0.15) is 0 Å². The molecule has 0 saturated heterocycles. The van der Waals surface area contributed by atoms with Crippen LogP contribution in [0.4, 0.5) is 0 Å². The summed E-state index contributed by atoms with van der Waals surface area (Å²) >= 11 is 0.